The molecule has 4 rings (SSSR count). The number of H-pyrrole nitrogens is 1. The van der Waals surface area contributed by atoms with E-state index in [1.807, 2.05) is 98.0 Å². The number of aromatic nitrogens is 1. The largest absolute Gasteiger partial charge is 0.480 e. The third-order valence-corrected chi connectivity index (χ3v) is 18.3. The molecule has 25 N–H and O–H groups in total. The van der Waals surface area contributed by atoms with Crippen molar-refractivity contribution in [1.29, 1.82) is 0 Å². The second-order valence-corrected chi connectivity index (χ2v) is 27.1. The lowest BCUT2D eigenvalue weighted by atomic mass is 9.87. The van der Waals surface area contributed by atoms with Crippen LogP contribution in [0.15, 0.2) is 91.1 Å². The maximum absolute atomic E-state index is 14.5. The van der Waals surface area contributed by atoms with Crippen molar-refractivity contribution in [1.82, 2.24) is 31.6 Å². The summed E-state index contributed by atoms with van der Waals surface area (Å²) < 4.78 is 0. The highest BCUT2D eigenvalue weighted by Gasteiger charge is 2.36. The Morgan fingerprint density at radius 2 is 0.810 bits per heavy atom. The van der Waals surface area contributed by atoms with Crippen LogP contribution in [0.5, 0.6) is 0 Å². The Labute approximate surface area is 615 Å². The fourth-order valence-electron chi connectivity index (χ4n) is 12.3. The number of fused-ring (bicyclic) bond motifs is 1. The van der Waals surface area contributed by atoms with Crippen LogP contribution in [0.4, 0.5) is 0 Å². The van der Waals surface area contributed by atoms with Crippen molar-refractivity contribution >= 4 is 93.4 Å². The molecule has 29 nitrogen and oxygen atoms in total. The van der Waals surface area contributed by atoms with Crippen LogP contribution in [0.3, 0.4) is 0 Å². The summed E-state index contributed by atoms with van der Waals surface area (Å²) in [4.78, 5) is 173. The third-order valence-electron chi connectivity index (χ3n) is 18.3. The number of nitrogens with two attached hydrogens (primary N) is 9. The standard InChI is InChI=1S/C48H72N10O7.C28H43N5O7/c1-31(11-7-21-49)56-47(64)35(26-36-30-55-39-16-6-5-14-37(36)39)29-44(61)41(18-10-24-52)58-48(65)34(25-32-12-3-2-4-13-32)28-43(60)40(17-9-23-51)57-46(63)33(19-20-45(54)62)27-42(59)38(53)15-8-22-50;1-18(34)15-21(16-19-7-3-2-4-8-19)27(38)32-22(9-5-13-29)24(35)17-20(11-12-25(31)36)26(37)33-23(28(39)40)10-6-14-30/h2-6,12-14,16,22,30-31,33-35,38,40-41,50,55H,7-11,15,17-21,23-29,49,51-53H2,1H3,(H2,54,62)(H,56,64)(H,57,63)(H,58,65);2-4,7-8,20-23H,5-6,9-17,29-30H2,1H3,(H2,31,36)(H,32,38)(H,33,37)(H,39,40)/p+1/t31-,33+,34+,35+,38+,40+,41+;20-,21+,22-,23-/m10/s1. The number of nitrogens with one attached hydrogen (secondary N) is 6. The molecule has 0 bridgehead atoms. The van der Waals surface area contributed by atoms with Gasteiger partial charge < -0.3 is 87.3 Å². The smallest absolute Gasteiger partial charge is 0.326 e. The van der Waals surface area contributed by atoms with E-state index in [0.29, 0.717) is 51.5 Å². The lowest BCUT2D eigenvalue weighted by Crippen LogP contribution is -2.48. The van der Waals surface area contributed by atoms with Gasteiger partial charge in [-0.15, -0.1) is 0 Å². The summed E-state index contributed by atoms with van der Waals surface area (Å²) >= 11 is 0. The summed E-state index contributed by atoms with van der Waals surface area (Å²) in [6.07, 6.45) is 6.53. The minimum absolute atomic E-state index is 0.0124. The average molecular weight is 1460 g/mol. The number of primary amides is 2. The Balaban J connectivity index is 0.000000613. The number of para-hydroxylation sites is 1. The molecule has 0 aliphatic heterocycles. The number of Topliss-reactive ketones (excluding diaryl/α,β-unsaturated/α-hetero) is 5. The van der Waals surface area contributed by atoms with Crippen LogP contribution in [0, 0.1) is 29.6 Å². The number of carbonyl (C=O) groups is 13. The predicted molar refractivity (Wildman–Crippen MR) is 400 cm³/mol. The van der Waals surface area contributed by atoms with E-state index in [1.165, 1.54) is 13.1 Å². The molecular formula is C76H116N15O14+. The number of amides is 7. The average Bonchev–Trinajstić information content (AvgIpc) is 1.66. The van der Waals surface area contributed by atoms with Gasteiger partial charge in [-0.2, -0.15) is 0 Å². The maximum atomic E-state index is 14.5. The molecule has 7 amide bonds. The number of carboxylic acids is 1. The molecule has 0 unspecified atom stereocenters. The van der Waals surface area contributed by atoms with Crippen molar-refractivity contribution in [2.75, 3.05) is 32.7 Å². The monoisotopic (exact) mass is 1460 g/mol. The van der Waals surface area contributed by atoms with Crippen LogP contribution in [-0.2, 0) is 81.6 Å². The number of benzene rings is 3. The molecule has 4 aromatic rings. The van der Waals surface area contributed by atoms with E-state index in [9.17, 15) is 67.4 Å². The Kier molecular flexibility index (Phi) is 43.0. The quantitative estimate of drug-likeness (QED) is 0.0271. The first kappa shape index (κ1) is 90.0. The van der Waals surface area contributed by atoms with Crippen molar-refractivity contribution in [3.8, 4) is 0 Å². The summed E-state index contributed by atoms with van der Waals surface area (Å²) in [6.45, 7) is 4.71. The summed E-state index contributed by atoms with van der Waals surface area (Å²) in [6, 6.07) is 20.6. The fraction of sp³-hybridized carbons (Fsp3) is 0.553. The maximum Gasteiger partial charge on any atom is 0.326 e. The number of hydrogen-bond donors (Lipinski definition) is 16. The molecule has 0 fully saturated rings. The number of aliphatic carboxylic acids is 1. The number of aromatic amines is 1. The molecule has 1 heterocycles. The van der Waals surface area contributed by atoms with Gasteiger partial charge in [-0.05, 0) is 172 Å². The highest BCUT2D eigenvalue weighted by atomic mass is 16.4. The van der Waals surface area contributed by atoms with Gasteiger partial charge in [-0.25, -0.2) is 4.79 Å². The second-order valence-electron chi connectivity index (χ2n) is 27.1. The van der Waals surface area contributed by atoms with E-state index in [4.69, 9.17) is 51.3 Å². The fourth-order valence-corrected chi connectivity index (χ4v) is 12.3. The van der Waals surface area contributed by atoms with Crippen LogP contribution in [0.2, 0.25) is 0 Å². The Bertz CT molecular complexity index is 3430. The van der Waals surface area contributed by atoms with E-state index in [2.05, 4.69) is 31.6 Å². The zero-order valence-electron chi connectivity index (χ0n) is 61.0. The van der Waals surface area contributed by atoms with Gasteiger partial charge in [0, 0.05) is 104 Å². The normalized spacial score (nSPS) is 14.3. The number of hydrogen-bond acceptors (Lipinski definition) is 19. The number of ketones is 5. The highest BCUT2D eigenvalue weighted by molar-refractivity contribution is 5.98. The molecule has 0 aliphatic rings. The molecule has 11 atom stereocenters. The molecule has 0 aliphatic carbocycles. The molecule has 0 spiro atoms. The van der Waals surface area contributed by atoms with E-state index < -0.39 is 119 Å². The molecule has 1 aromatic heterocycles. The van der Waals surface area contributed by atoms with Crippen molar-refractivity contribution < 1.29 is 72.8 Å². The molecule has 105 heavy (non-hydrogen) atoms. The molecule has 0 radical (unpaired) electrons. The van der Waals surface area contributed by atoms with Crippen LogP contribution in [-0.4, -0.2) is 162 Å². The van der Waals surface area contributed by atoms with Gasteiger partial charge in [0.05, 0.1) is 24.2 Å². The van der Waals surface area contributed by atoms with Crippen LogP contribution in [0.1, 0.15) is 165 Å². The Morgan fingerprint density at radius 3 is 1.23 bits per heavy atom. The van der Waals surface area contributed by atoms with Crippen LogP contribution >= 0.6 is 0 Å². The van der Waals surface area contributed by atoms with Crippen LogP contribution < -0.4 is 77.9 Å². The molecule has 0 saturated carbocycles. The molecule has 578 valence electrons. The van der Waals surface area contributed by atoms with Crippen molar-refractivity contribution in [2.24, 2.45) is 75.5 Å². The Morgan fingerprint density at radius 1 is 0.448 bits per heavy atom. The zero-order chi connectivity index (χ0) is 77.8. The topological polar surface area (TPSA) is 552 Å². The minimum Gasteiger partial charge on any atom is -0.480 e. The first-order valence-corrected chi connectivity index (χ1v) is 36.5. The van der Waals surface area contributed by atoms with E-state index >= 15 is 0 Å². The first-order chi connectivity index (χ1) is 50.2. The van der Waals surface area contributed by atoms with Gasteiger partial charge >= 0.3 is 5.97 Å². The summed E-state index contributed by atoms with van der Waals surface area (Å²) in [5.74, 6) is -11.6. The molecule has 3 aromatic carbocycles. The van der Waals surface area contributed by atoms with E-state index in [-0.39, 0.29) is 152 Å². The van der Waals surface area contributed by atoms with Gasteiger partial charge in [0.25, 0.3) is 0 Å². The molecule has 29 heteroatoms. The Hall–Kier alpha value is -9.26. The zero-order valence-corrected chi connectivity index (χ0v) is 61.0. The van der Waals surface area contributed by atoms with Gasteiger partial charge in [-0.1, -0.05) is 78.9 Å². The van der Waals surface area contributed by atoms with Crippen molar-refractivity contribution in [3.05, 3.63) is 108 Å². The van der Waals surface area contributed by atoms with E-state index in [1.54, 1.807) is 0 Å². The van der Waals surface area contributed by atoms with Gasteiger partial charge in [0.2, 0.25) is 41.4 Å². The lowest BCUT2D eigenvalue weighted by molar-refractivity contribution is -0.143. The second kappa shape index (κ2) is 50.2. The summed E-state index contributed by atoms with van der Waals surface area (Å²) in [5.41, 5.74) is 48.7. The molecular weight excluding hydrogens is 1350 g/mol. The van der Waals surface area contributed by atoms with Crippen molar-refractivity contribution in [3.63, 3.8) is 0 Å². The highest BCUT2D eigenvalue weighted by Crippen LogP contribution is 2.26. The summed E-state index contributed by atoms with van der Waals surface area (Å²) in [7, 11) is 0. The van der Waals surface area contributed by atoms with Gasteiger partial charge in [0.1, 0.15) is 23.8 Å². The SMILES string of the molecule is CC(=O)C[C@H](Cc1ccccc1)C(=O)N[C@@H](CCCN)C(=O)C[C@H](CCC(N)=O)C(=O)N[C@@H](CCCN)C(=O)O.C[C@H](CCCN)NC(=O)[C@H](CC(=O)[C@H](CCCN)NC(=O)[C@H](CC(=O)[C@H](CCCN)NC(=O)[C@@H](CCC(N)=O)CC(=O)[C@@H](N)CCC=[NH2+])Cc1ccccc1)Cc1c[nH]c2ccccc12. The number of rotatable bonds is 55. The number of carbonyl (C=O) groups excluding carboxylic acids is 12. The van der Waals surface area contributed by atoms with Crippen molar-refractivity contribution in [2.45, 2.75) is 204 Å². The van der Waals surface area contributed by atoms with Gasteiger partial charge in [-0.3, -0.25) is 58.1 Å². The lowest BCUT2D eigenvalue weighted by Gasteiger charge is -2.26. The third kappa shape index (κ3) is 34.9. The van der Waals surface area contributed by atoms with E-state index in [0.717, 1.165) is 34.0 Å². The minimum atomic E-state index is -1.25. The summed E-state index contributed by atoms with van der Waals surface area (Å²) in [5, 5.41) is 29.8. The van der Waals surface area contributed by atoms with Gasteiger partial charge in [0.15, 0.2) is 17.3 Å². The molecule has 0 saturated heterocycles. The van der Waals surface area contributed by atoms with Crippen LogP contribution in [0.25, 0.3) is 10.9 Å². The predicted octanol–water partition coefficient (Wildman–Crippen LogP) is 0.770. The first-order valence-electron chi connectivity index (χ1n) is 36.5. The number of carboxylic acid groups (broad SMARTS) is 1.